The Balaban J connectivity index is 0.00000121. The highest BCUT2D eigenvalue weighted by Crippen LogP contribution is 1.96. The average molecular weight is 190 g/mol. The van der Waals surface area contributed by atoms with Crippen LogP contribution in [0.15, 0.2) is 6.20 Å². The molecule has 4 heteroatoms. The summed E-state index contributed by atoms with van der Waals surface area (Å²) < 4.78 is 0. The molecule has 0 aliphatic heterocycles. The molecular formula is C8H16ClN3. The Bertz CT molecular complexity index is 220. The number of aromatic nitrogens is 2. The van der Waals surface area contributed by atoms with E-state index in [1.807, 2.05) is 13.1 Å². The van der Waals surface area contributed by atoms with Crippen LogP contribution in [0.2, 0.25) is 0 Å². The lowest BCUT2D eigenvalue weighted by atomic mass is 10.3. The largest absolute Gasteiger partial charge is 0.346 e. The molecule has 0 bridgehead atoms. The van der Waals surface area contributed by atoms with Crippen LogP contribution in [0.25, 0.3) is 0 Å². The third kappa shape index (κ3) is 3.74. The smallest absolute Gasteiger partial charge is 0.103 e. The molecular weight excluding hydrogens is 174 g/mol. The van der Waals surface area contributed by atoms with Crippen LogP contribution in [-0.4, -0.2) is 35.5 Å². The summed E-state index contributed by atoms with van der Waals surface area (Å²) in [4.78, 5) is 9.48. The molecule has 70 valence electrons. The topological polar surface area (TPSA) is 31.9 Å². The summed E-state index contributed by atoms with van der Waals surface area (Å²) in [6.07, 6.45) is 2.95. The Morgan fingerprint density at radius 2 is 2.17 bits per heavy atom. The standard InChI is InChI=1S/C8H15N3.ClH/c1-7-9-6-8(10-7)4-5-11(2)3;/h6H,4-5H2,1-3H3,(H,9,10);1H. The minimum absolute atomic E-state index is 0. The molecule has 0 aromatic carbocycles. The van der Waals surface area contributed by atoms with Gasteiger partial charge in [-0.1, -0.05) is 0 Å². The molecule has 0 aliphatic rings. The van der Waals surface area contributed by atoms with Crippen LogP contribution < -0.4 is 0 Å². The van der Waals surface area contributed by atoms with Crippen LogP contribution in [0.1, 0.15) is 11.5 Å². The summed E-state index contributed by atoms with van der Waals surface area (Å²) >= 11 is 0. The van der Waals surface area contributed by atoms with Gasteiger partial charge in [0, 0.05) is 24.9 Å². The molecule has 0 fully saturated rings. The van der Waals surface area contributed by atoms with Crippen LogP contribution in [-0.2, 0) is 6.42 Å². The lowest BCUT2D eigenvalue weighted by molar-refractivity contribution is 0.412. The molecule has 0 radical (unpaired) electrons. The summed E-state index contributed by atoms with van der Waals surface area (Å²) in [7, 11) is 4.15. The lowest BCUT2D eigenvalue weighted by Gasteiger charge is -2.06. The van der Waals surface area contributed by atoms with Gasteiger partial charge in [-0.25, -0.2) is 4.98 Å². The quantitative estimate of drug-likeness (QED) is 0.776. The van der Waals surface area contributed by atoms with Gasteiger partial charge in [0.05, 0.1) is 0 Å². The molecule has 1 rings (SSSR count). The molecule has 0 aliphatic carbocycles. The van der Waals surface area contributed by atoms with Crippen LogP contribution in [0, 0.1) is 6.92 Å². The minimum atomic E-state index is 0. The van der Waals surface area contributed by atoms with Crippen molar-refractivity contribution in [1.29, 1.82) is 0 Å². The van der Waals surface area contributed by atoms with E-state index in [1.165, 1.54) is 5.69 Å². The van der Waals surface area contributed by atoms with Gasteiger partial charge in [0.15, 0.2) is 0 Å². The predicted octanol–water partition coefficient (Wildman–Crippen LogP) is 1.24. The third-order valence-electron chi connectivity index (χ3n) is 1.58. The zero-order chi connectivity index (χ0) is 8.27. The molecule has 0 saturated carbocycles. The fourth-order valence-electron chi connectivity index (χ4n) is 0.943. The van der Waals surface area contributed by atoms with Crippen LogP contribution in [0.5, 0.6) is 0 Å². The Kier molecular flexibility index (Phi) is 4.93. The van der Waals surface area contributed by atoms with E-state index in [0.717, 1.165) is 18.8 Å². The average Bonchev–Trinajstić information content (AvgIpc) is 2.31. The van der Waals surface area contributed by atoms with Crippen molar-refractivity contribution in [2.75, 3.05) is 20.6 Å². The summed E-state index contributed by atoms with van der Waals surface area (Å²) in [6, 6.07) is 0. The van der Waals surface area contributed by atoms with E-state index in [-0.39, 0.29) is 12.4 Å². The Hall–Kier alpha value is -0.540. The van der Waals surface area contributed by atoms with Crippen molar-refractivity contribution in [1.82, 2.24) is 14.9 Å². The third-order valence-corrected chi connectivity index (χ3v) is 1.58. The fraction of sp³-hybridized carbons (Fsp3) is 0.625. The monoisotopic (exact) mass is 189 g/mol. The SMILES string of the molecule is Cc1ncc(CCN(C)C)[nH]1.Cl. The van der Waals surface area contributed by atoms with Crippen molar-refractivity contribution in [3.63, 3.8) is 0 Å². The number of hydrogen-bond acceptors (Lipinski definition) is 2. The molecule has 0 amide bonds. The zero-order valence-electron chi connectivity index (χ0n) is 7.79. The molecule has 3 nitrogen and oxygen atoms in total. The first kappa shape index (κ1) is 11.5. The number of H-pyrrole nitrogens is 1. The van der Waals surface area contributed by atoms with E-state index in [4.69, 9.17) is 0 Å². The number of rotatable bonds is 3. The zero-order valence-corrected chi connectivity index (χ0v) is 8.61. The van der Waals surface area contributed by atoms with Crippen molar-refractivity contribution in [2.24, 2.45) is 0 Å². The van der Waals surface area contributed by atoms with Gasteiger partial charge in [0.25, 0.3) is 0 Å². The Morgan fingerprint density at radius 1 is 1.50 bits per heavy atom. The predicted molar refractivity (Wildman–Crippen MR) is 52.8 cm³/mol. The highest BCUT2D eigenvalue weighted by Gasteiger charge is 1.96. The van der Waals surface area contributed by atoms with Gasteiger partial charge in [-0.05, 0) is 21.0 Å². The summed E-state index contributed by atoms with van der Waals surface area (Å²) in [5, 5.41) is 0. The van der Waals surface area contributed by atoms with Crippen LogP contribution >= 0.6 is 12.4 Å². The van der Waals surface area contributed by atoms with Crippen LogP contribution in [0.4, 0.5) is 0 Å². The van der Waals surface area contributed by atoms with E-state index in [2.05, 4.69) is 29.0 Å². The second-order valence-electron chi connectivity index (χ2n) is 3.05. The number of aromatic amines is 1. The van der Waals surface area contributed by atoms with Gasteiger partial charge >= 0.3 is 0 Å². The van der Waals surface area contributed by atoms with Gasteiger partial charge in [0.2, 0.25) is 0 Å². The first-order valence-corrected chi connectivity index (χ1v) is 3.83. The summed E-state index contributed by atoms with van der Waals surface area (Å²) in [5.74, 6) is 0.999. The number of nitrogens with one attached hydrogen (secondary N) is 1. The Morgan fingerprint density at radius 3 is 2.58 bits per heavy atom. The van der Waals surface area contributed by atoms with E-state index >= 15 is 0 Å². The maximum absolute atomic E-state index is 4.12. The summed E-state index contributed by atoms with van der Waals surface area (Å²) in [6.45, 7) is 3.04. The minimum Gasteiger partial charge on any atom is -0.346 e. The van der Waals surface area contributed by atoms with Gasteiger partial charge in [-0.2, -0.15) is 0 Å². The number of likely N-dealkylation sites (N-methyl/N-ethyl adjacent to an activating group) is 1. The van der Waals surface area contributed by atoms with Crippen LogP contribution in [0.3, 0.4) is 0 Å². The maximum atomic E-state index is 4.12. The van der Waals surface area contributed by atoms with Crippen molar-refractivity contribution in [3.8, 4) is 0 Å². The normalized spacial score (nSPS) is 10.0. The highest BCUT2D eigenvalue weighted by atomic mass is 35.5. The number of nitrogens with zero attached hydrogens (tertiary/aromatic N) is 2. The number of imidazole rings is 1. The fourth-order valence-corrected chi connectivity index (χ4v) is 0.943. The van der Waals surface area contributed by atoms with Gasteiger partial charge < -0.3 is 9.88 Å². The number of halogens is 1. The van der Waals surface area contributed by atoms with Crippen molar-refractivity contribution < 1.29 is 0 Å². The molecule has 0 unspecified atom stereocenters. The van der Waals surface area contributed by atoms with Gasteiger partial charge in [-0.3, -0.25) is 0 Å². The first-order chi connectivity index (χ1) is 5.18. The highest BCUT2D eigenvalue weighted by molar-refractivity contribution is 5.85. The first-order valence-electron chi connectivity index (χ1n) is 3.83. The van der Waals surface area contributed by atoms with E-state index < -0.39 is 0 Å². The van der Waals surface area contributed by atoms with Gasteiger partial charge in [-0.15, -0.1) is 12.4 Å². The second kappa shape index (κ2) is 5.17. The van der Waals surface area contributed by atoms with Crippen molar-refractivity contribution >= 4 is 12.4 Å². The molecule has 1 aromatic rings. The second-order valence-corrected chi connectivity index (χ2v) is 3.05. The molecule has 0 spiro atoms. The molecule has 1 heterocycles. The summed E-state index contributed by atoms with van der Waals surface area (Å²) in [5.41, 5.74) is 1.22. The number of hydrogen-bond donors (Lipinski definition) is 1. The van der Waals surface area contributed by atoms with Gasteiger partial charge in [0.1, 0.15) is 5.82 Å². The molecule has 1 N–H and O–H groups in total. The molecule has 1 aromatic heterocycles. The van der Waals surface area contributed by atoms with E-state index in [0.29, 0.717) is 0 Å². The van der Waals surface area contributed by atoms with E-state index in [9.17, 15) is 0 Å². The van der Waals surface area contributed by atoms with Crippen molar-refractivity contribution in [3.05, 3.63) is 17.7 Å². The van der Waals surface area contributed by atoms with Crippen molar-refractivity contribution in [2.45, 2.75) is 13.3 Å². The molecule has 12 heavy (non-hydrogen) atoms. The van der Waals surface area contributed by atoms with E-state index in [1.54, 1.807) is 0 Å². The lowest BCUT2D eigenvalue weighted by Crippen LogP contribution is -2.15. The Labute approximate surface area is 79.6 Å². The molecule has 0 saturated heterocycles. The maximum Gasteiger partial charge on any atom is 0.103 e. The number of aryl methyl sites for hydroxylation is 1. The molecule has 0 atom stereocenters.